The Kier molecular flexibility index (Phi) is 5.93. The number of sulfonamides is 1. The number of carbonyl (C=O) groups is 1. The van der Waals surface area contributed by atoms with Crippen LogP contribution in [0, 0.1) is 5.82 Å². The summed E-state index contributed by atoms with van der Waals surface area (Å²) in [5.74, 6) is -1.06. The van der Waals surface area contributed by atoms with E-state index >= 15 is 0 Å². The first-order valence-corrected chi connectivity index (χ1v) is 9.31. The molecular weight excluding hydrogens is 355 g/mol. The van der Waals surface area contributed by atoms with Gasteiger partial charge in [0.2, 0.25) is 10.0 Å². The molecule has 24 heavy (non-hydrogen) atoms. The molecule has 2 N–H and O–H groups in total. The van der Waals surface area contributed by atoms with Crippen LogP contribution in [-0.2, 0) is 16.4 Å². The van der Waals surface area contributed by atoms with Crippen LogP contribution in [0.25, 0.3) is 0 Å². The quantitative estimate of drug-likeness (QED) is 0.821. The molecule has 0 aliphatic heterocycles. The first-order chi connectivity index (χ1) is 11.2. The molecule has 0 spiro atoms. The standard InChI is InChI=1S/C16H16ClFN2O3S/c1-24(22,23)19-9-8-11-2-4-12(5-3-11)16(21)20-15-7-6-13(17)10-14(15)18/h2-7,10,19H,8-9H2,1H3,(H,20,21). The Morgan fingerprint density at radius 2 is 1.83 bits per heavy atom. The van der Waals surface area contributed by atoms with Crippen LogP contribution in [0.4, 0.5) is 10.1 Å². The second-order valence-electron chi connectivity index (χ2n) is 5.19. The molecule has 2 rings (SSSR count). The van der Waals surface area contributed by atoms with Crippen molar-refractivity contribution in [2.75, 3.05) is 18.1 Å². The van der Waals surface area contributed by atoms with Gasteiger partial charge in [0.05, 0.1) is 11.9 Å². The third kappa shape index (κ3) is 5.59. The maximum Gasteiger partial charge on any atom is 0.255 e. The van der Waals surface area contributed by atoms with E-state index in [1.807, 2.05) is 0 Å². The number of anilines is 1. The van der Waals surface area contributed by atoms with E-state index in [0.29, 0.717) is 12.0 Å². The molecular formula is C16H16ClFN2O3S. The van der Waals surface area contributed by atoms with Crippen molar-refractivity contribution in [1.29, 1.82) is 0 Å². The molecule has 0 atom stereocenters. The first kappa shape index (κ1) is 18.4. The summed E-state index contributed by atoms with van der Waals surface area (Å²) < 4.78 is 38.0. The van der Waals surface area contributed by atoms with Gasteiger partial charge < -0.3 is 5.32 Å². The SMILES string of the molecule is CS(=O)(=O)NCCc1ccc(C(=O)Nc2ccc(Cl)cc2F)cc1. The highest BCUT2D eigenvalue weighted by Gasteiger charge is 2.10. The van der Waals surface area contributed by atoms with E-state index in [4.69, 9.17) is 11.6 Å². The minimum absolute atomic E-state index is 0.0471. The molecule has 0 aromatic heterocycles. The molecule has 8 heteroatoms. The van der Waals surface area contributed by atoms with Crippen molar-refractivity contribution in [1.82, 2.24) is 4.72 Å². The highest BCUT2D eigenvalue weighted by Crippen LogP contribution is 2.19. The van der Waals surface area contributed by atoms with E-state index in [9.17, 15) is 17.6 Å². The summed E-state index contributed by atoms with van der Waals surface area (Å²) in [4.78, 5) is 12.1. The van der Waals surface area contributed by atoms with Gasteiger partial charge in [0, 0.05) is 17.1 Å². The molecule has 128 valence electrons. The van der Waals surface area contributed by atoms with Gasteiger partial charge in [-0.25, -0.2) is 17.5 Å². The van der Waals surface area contributed by atoms with Crippen molar-refractivity contribution in [3.8, 4) is 0 Å². The summed E-state index contributed by atoms with van der Waals surface area (Å²) in [6.07, 6.45) is 1.59. The predicted molar refractivity (Wildman–Crippen MR) is 92.4 cm³/mol. The van der Waals surface area contributed by atoms with Crippen molar-refractivity contribution >= 4 is 33.2 Å². The van der Waals surface area contributed by atoms with Crippen LogP contribution < -0.4 is 10.0 Å². The van der Waals surface area contributed by atoms with Gasteiger partial charge >= 0.3 is 0 Å². The Hall–Kier alpha value is -1.96. The van der Waals surface area contributed by atoms with Gasteiger partial charge in [-0.15, -0.1) is 0 Å². The zero-order valence-electron chi connectivity index (χ0n) is 12.8. The van der Waals surface area contributed by atoms with Crippen LogP contribution in [0.1, 0.15) is 15.9 Å². The van der Waals surface area contributed by atoms with E-state index in [1.54, 1.807) is 24.3 Å². The van der Waals surface area contributed by atoms with Gasteiger partial charge in [-0.05, 0) is 42.3 Å². The third-order valence-corrected chi connectivity index (χ3v) is 4.14. The summed E-state index contributed by atoms with van der Waals surface area (Å²) in [5, 5.41) is 2.72. The predicted octanol–water partition coefficient (Wildman–Crippen LogP) is 2.82. The summed E-state index contributed by atoms with van der Waals surface area (Å²) in [7, 11) is -3.22. The fraction of sp³-hybridized carbons (Fsp3) is 0.188. The van der Waals surface area contributed by atoms with Crippen LogP contribution >= 0.6 is 11.6 Å². The Morgan fingerprint density at radius 1 is 1.17 bits per heavy atom. The van der Waals surface area contributed by atoms with E-state index < -0.39 is 21.7 Å². The van der Waals surface area contributed by atoms with Crippen LogP contribution in [0.5, 0.6) is 0 Å². The Morgan fingerprint density at radius 3 is 2.42 bits per heavy atom. The molecule has 0 aliphatic carbocycles. The van der Waals surface area contributed by atoms with Gasteiger partial charge in [-0.2, -0.15) is 0 Å². The minimum Gasteiger partial charge on any atom is -0.319 e. The summed E-state index contributed by atoms with van der Waals surface area (Å²) in [6.45, 7) is 0.278. The lowest BCUT2D eigenvalue weighted by molar-refractivity contribution is 0.102. The van der Waals surface area contributed by atoms with E-state index in [1.165, 1.54) is 12.1 Å². The van der Waals surface area contributed by atoms with Gasteiger partial charge in [0.1, 0.15) is 5.82 Å². The summed E-state index contributed by atoms with van der Waals surface area (Å²) >= 11 is 5.66. The topological polar surface area (TPSA) is 75.3 Å². The van der Waals surface area contributed by atoms with Gasteiger partial charge in [-0.3, -0.25) is 4.79 Å². The first-order valence-electron chi connectivity index (χ1n) is 7.04. The molecule has 0 heterocycles. The van der Waals surface area contributed by atoms with Gasteiger partial charge in [0.25, 0.3) is 5.91 Å². The Balaban J connectivity index is 1.98. The maximum atomic E-state index is 13.7. The molecule has 1 amide bonds. The average molecular weight is 371 g/mol. The van der Waals surface area contributed by atoms with Crippen LogP contribution in [0.15, 0.2) is 42.5 Å². The normalized spacial score (nSPS) is 11.3. The monoisotopic (exact) mass is 370 g/mol. The molecule has 2 aromatic rings. The molecule has 0 aliphatic rings. The molecule has 0 unspecified atom stereocenters. The Bertz CT molecular complexity index is 839. The van der Waals surface area contributed by atoms with Crippen molar-refractivity contribution < 1.29 is 17.6 Å². The number of amides is 1. The van der Waals surface area contributed by atoms with E-state index in [-0.39, 0.29) is 17.3 Å². The number of rotatable bonds is 6. The van der Waals surface area contributed by atoms with E-state index in [2.05, 4.69) is 10.0 Å². The lowest BCUT2D eigenvalue weighted by Gasteiger charge is -2.08. The Labute approximate surface area is 144 Å². The molecule has 5 nitrogen and oxygen atoms in total. The highest BCUT2D eigenvalue weighted by atomic mass is 35.5. The molecule has 0 saturated carbocycles. The largest absolute Gasteiger partial charge is 0.319 e. The number of hydrogen-bond acceptors (Lipinski definition) is 3. The second-order valence-corrected chi connectivity index (χ2v) is 7.46. The number of benzene rings is 2. The lowest BCUT2D eigenvalue weighted by atomic mass is 10.1. The third-order valence-electron chi connectivity index (χ3n) is 3.17. The molecule has 0 bridgehead atoms. The van der Waals surface area contributed by atoms with Crippen molar-refractivity contribution in [3.63, 3.8) is 0 Å². The minimum atomic E-state index is -3.22. The summed E-state index contributed by atoms with van der Waals surface area (Å²) in [6, 6.07) is 10.6. The molecule has 0 fully saturated rings. The zero-order valence-corrected chi connectivity index (χ0v) is 14.4. The fourth-order valence-corrected chi connectivity index (χ4v) is 2.62. The zero-order chi connectivity index (χ0) is 17.7. The van der Waals surface area contributed by atoms with E-state index in [0.717, 1.165) is 17.9 Å². The van der Waals surface area contributed by atoms with Crippen molar-refractivity contribution in [3.05, 3.63) is 64.4 Å². The average Bonchev–Trinajstić information content (AvgIpc) is 2.49. The van der Waals surface area contributed by atoms with Crippen molar-refractivity contribution in [2.45, 2.75) is 6.42 Å². The maximum absolute atomic E-state index is 13.7. The second kappa shape index (κ2) is 7.74. The lowest BCUT2D eigenvalue weighted by Crippen LogP contribution is -2.24. The van der Waals surface area contributed by atoms with Crippen LogP contribution in [-0.4, -0.2) is 27.1 Å². The van der Waals surface area contributed by atoms with Gasteiger partial charge in [-0.1, -0.05) is 23.7 Å². The number of halogens is 2. The van der Waals surface area contributed by atoms with Crippen molar-refractivity contribution in [2.24, 2.45) is 0 Å². The van der Waals surface area contributed by atoms with Crippen LogP contribution in [0.2, 0.25) is 5.02 Å². The molecule has 0 radical (unpaired) electrons. The summed E-state index contributed by atoms with van der Waals surface area (Å²) in [5.41, 5.74) is 1.29. The fourth-order valence-electron chi connectivity index (χ4n) is 1.99. The number of nitrogens with one attached hydrogen (secondary N) is 2. The highest BCUT2D eigenvalue weighted by molar-refractivity contribution is 7.88. The smallest absolute Gasteiger partial charge is 0.255 e. The number of hydrogen-bond donors (Lipinski definition) is 2. The van der Waals surface area contributed by atoms with Crippen LogP contribution in [0.3, 0.4) is 0 Å². The van der Waals surface area contributed by atoms with Gasteiger partial charge in [0.15, 0.2) is 0 Å². The molecule has 2 aromatic carbocycles. The number of carbonyl (C=O) groups excluding carboxylic acids is 1. The molecule has 0 saturated heterocycles.